The second kappa shape index (κ2) is 5.54. The first-order valence-electron chi connectivity index (χ1n) is 4.93. The minimum atomic E-state index is 0.779. The molecule has 0 aliphatic rings. The quantitative estimate of drug-likeness (QED) is 0.768. The summed E-state index contributed by atoms with van der Waals surface area (Å²) in [6, 6.07) is 1.90. The lowest BCUT2D eigenvalue weighted by Gasteiger charge is -2.09. The van der Waals surface area contributed by atoms with Gasteiger partial charge in [-0.15, -0.1) is 0 Å². The van der Waals surface area contributed by atoms with Gasteiger partial charge in [0.2, 0.25) is 0 Å². The van der Waals surface area contributed by atoms with Crippen molar-refractivity contribution in [2.45, 2.75) is 19.9 Å². The summed E-state index contributed by atoms with van der Waals surface area (Å²) in [6.45, 7) is 3.87. The van der Waals surface area contributed by atoms with Gasteiger partial charge in [0, 0.05) is 12.7 Å². The third-order valence-corrected chi connectivity index (χ3v) is 1.72. The Kier molecular flexibility index (Phi) is 4.32. The standard InChI is InChI=1S/C10H18N4/c1-4-6-11-9-5-7-12-10(13-9)8-14(2)3/h5,7H,4,6,8H2,1-3H3,(H,11,12,13). The first-order chi connectivity index (χ1) is 6.72. The molecule has 0 aliphatic heterocycles. The average molecular weight is 194 g/mol. The summed E-state index contributed by atoms with van der Waals surface area (Å²) >= 11 is 0. The zero-order valence-corrected chi connectivity index (χ0v) is 9.12. The molecule has 1 rings (SSSR count). The molecule has 0 amide bonds. The van der Waals surface area contributed by atoms with Crippen molar-refractivity contribution in [2.75, 3.05) is 26.0 Å². The van der Waals surface area contributed by atoms with Crippen molar-refractivity contribution in [2.24, 2.45) is 0 Å². The van der Waals surface area contributed by atoms with Gasteiger partial charge in [-0.3, -0.25) is 0 Å². The van der Waals surface area contributed by atoms with Crippen LogP contribution in [0.2, 0.25) is 0 Å². The first kappa shape index (κ1) is 10.9. The summed E-state index contributed by atoms with van der Waals surface area (Å²) in [5, 5.41) is 3.24. The van der Waals surface area contributed by atoms with Crippen molar-refractivity contribution in [1.29, 1.82) is 0 Å². The van der Waals surface area contributed by atoms with Crippen LogP contribution in [0, 0.1) is 0 Å². The van der Waals surface area contributed by atoms with E-state index in [1.807, 2.05) is 20.2 Å². The highest BCUT2D eigenvalue weighted by atomic mass is 15.1. The maximum atomic E-state index is 4.39. The van der Waals surface area contributed by atoms with E-state index in [-0.39, 0.29) is 0 Å². The monoisotopic (exact) mass is 194 g/mol. The van der Waals surface area contributed by atoms with Gasteiger partial charge in [-0.25, -0.2) is 9.97 Å². The molecule has 0 atom stereocenters. The maximum Gasteiger partial charge on any atom is 0.144 e. The molecule has 0 saturated heterocycles. The van der Waals surface area contributed by atoms with Gasteiger partial charge in [-0.05, 0) is 26.6 Å². The molecule has 1 aromatic heterocycles. The van der Waals surface area contributed by atoms with Crippen LogP contribution in [0.5, 0.6) is 0 Å². The average Bonchev–Trinajstić information content (AvgIpc) is 2.14. The fourth-order valence-corrected chi connectivity index (χ4v) is 1.11. The minimum absolute atomic E-state index is 0.779. The number of hydrogen-bond donors (Lipinski definition) is 1. The van der Waals surface area contributed by atoms with E-state index < -0.39 is 0 Å². The van der Waals surface area contributed by atoms with Gasteiger partial charge in [0.05, 0.1) is 6.54 Å². The van der Waals surface area contributed by atoms with Crippen LogP contribution in [-0.2, 0) is 6.54 Å². The molecule has 1 aromatic rings. The highest BCUT2D eigenvalue weighted by Gasteiger charge is 1.99. The van der Waals surface area contributed by atoms with Crippen LogP contribution < -0.4 is 5.32 Å². The number of nitrogens with zero attached hydrogens (tertiary/aromatic N) is 3. The van der Waals surface area contributed by atoms with Crippen LogP contribution in [0.3, 0.4) is 0 Å². The topological polar surface area (TPSA) is 41.1 Å². The molecular weight excluding hydrogens is 176 g/mol. The maximum absolute atomic E-state index is 4.39. The van der Waals surface area contributed by atoms with E-state index in [2.05, 4.69) is 27.1 Å². The first-order valence-corrected chi connectivity index (χ1v) is 4.93. The fourth-order valence-electron chi connectivity index (χ4n) is 1.11. The molecule has 0 spiro atoms. The van der Waals surface area contributed by atoms with Gasteiger partial charge in [0.25, 0.3) is 0 Å². The lowest BCUT2D eigenvalue weighted by Crippen LogP contribution is -2.14. The van der Waals surface area contributed by atoms with Crippen LogP contribution in [-0.4, -0.2) is 35.5 Å². The van der Waals surface area contributed by atoms with Crippen LogP contribution in [0.1, 0.15) is 19.2 Å². The van der Waals surface area contributed by atoms with Crippen molar-refractivity contribution < 1.29 is 0 Å². The summed E-state index contributed by atoms with van der Waals surface area (Å²) in [7, 11) is 4.02. The molecule has 0 saturated carbocycles. The van der Waals surface area contributed by atoms with E-state index in [0.717, 1.165) is 31.2 Å². The Morgan fingerprint density at radius 3 is 2.86 bits per heavy atom. The molecule has 0 radical (unpaired) electrons. The molecule has 1 heterocycles. The summed E-state index contributed by atoms with van der Waals surface area (Å²) in [6.07, 6.45) is 2.90. The molecule has 1 N–H and O–H groups in total. The Bertz CT molecular complexity index is 273. The molecule has 78 valence electrons. The largest absolute Gasteiger partial charge is 0.370 e. The van der Waals surface area contributed by atoms with Gasteiger partial charge < -0.3 is 10.2 Å². The molecule has 4 nitrogen and oxygen atoms in total. The lowest BCUT2D eigenvalue weighted by molar-refractivity contribution is 0.390. The number of aromatic nitrogens is 2. The second-order valence-electron chi connectivity index (χ2n) is 3.52. The van der Waals surface area contributed by atoms with E-state index in [1.54, 1.807) is 6.20 Å². The normalized spacial score (nSPS) is 10.6. The van der Waals surface area contributed by atoms with Gasteiger partial charge in [-0.1, -0.05) is 6.92 Å². The van der Waals surface area contributed by atoms with Gasteiger partial charge in [0.15, 0.2) is 0 Å². The SMILES string of the molecule is CCCNc1ccnc(CN(C)C)n1. The number of nitrogens with one attached hydrogen (secondary N) is 1. The van der Waals surface area contributed by atoms with Crippen LogP contribution in [0.15, 0.2) is 12.3 Å². The molecule has 0 aromatic carbocycles. The smallest absolute Gasteiger partial charge is 0.144 e. The third kappa shape index (κ3) is 3.70. The van der Waals surface area contributed by atoms with Crippen molar-refractivity contribution in [1.82, 2.24) is 14.9 Å². The second-order valence-corrected chi connectivity index (χ2v) is 3.52. The number of hydrogen-bond acceptors (Lipinski definition) is 4. The van der Waals surface area contributed by atoms with E-state index in [9.17, 15) is 0 Å². The zero-order chi connectivity index (χ0) is 10.4. The number of rotatable bonds is 5. The Balaban J connectivity index is 2.59. The summed E-state index contributed by atoms with van der Waals surface area (Å²) in [5.41, 5.74) is 0. The Hall–Kier alpha value is -1.16. The highest BCUT2D eigenvalue weighted by molar-refractivity contribution is 5.32. The Morgan fingerprint density at radius 2 is 2.21 bits per heavy atom. The van der Waals surface area contributed by atoms with Crippen molar-refractivity contribution in [3.05, 3.63) is 18.1 Å². The van der Waals surface area contributed by atoms with E-state index in [4.69, 9.17) is 0 Å². The van der Waals surface area contributed by atoms with E-state index in [1.165, 1.54) is 0 Å². The highest BCUT2D eigenvalue weighted by Crippen LogP contribution is 2.02. The molecule has 0 fully saturated rings. The lowest BCUT2D eigenvalue weighted by atomic mass is 10.4. The third-order valence-electron chi connectivity index (χ3n) is 1.72. The predicted octanol–water partition coefficient (Wildman–Crippen LogP) is 1.36. The van der Waals surface area contributed by atoms with Crippen LogP contribution in [0.4, 0.5) is 5.82 Å². The van der Waals surface area contributed by atoms with Crippen LogP contribution >= 0.6 is 0 Å². The van der Waals surface area contributed by atoms with Gasteiger partial charge in [0.1, 0.15) is 11.6 Å². The number of anilines is 1. The minimum Gasteiger partial charge on any atom is -0.370 e. The zero-order valence-electron chi connectivity index (χ0n) is 9.12. The summed E-state index contributed by atoms with van der Waals surface area (Å²) in [4.78, 5) is 10.6. The molecule has 4 heteroatoms. The molecular formula is C10H18N4. The van der Waals surface area contributed by atoms with E-state index in [0.29, 0.717) is 0 Å². The van der Waals surface area contributed by atoms with Gasteiger partial charge in [-0.2, -0.15) is 0 Å². The van der Waals surface area contributed by atoms with Crippen molar-refractivity contribution >= 4 is 5.82 Å². The van der Waals surface area contributed by atoms with E-state index >= 15 is 0 Å². The van der Waals surface area contributed by atoms with Crippen molar-refractivity contribution in [3.8, 4) is 0 Å². The molecule has 0 unspecified atom stereocenters. The van der Waals surface area contributed by atoms with Crippen molar-refractivity contribution in [3.63, 3.8) is 0 Å². The molecule has 0 bridgehead atoms. The summed E-state index contributed by atoms with van der Waals surface area (Å²) < 4.78 is 0. The summed E-state index contributed by atoms with van der Waals surface area (Å²) in [5.74, 6) is 1.77. The molecule has 14 heavy (non-hydrogen) atoms. The molecule has 0 aliphatic carbocycles. The predicted molar refractivity (Wildman–Crippen MR) is 58.2 cm³/mol. The van der Waals surface area contributed by atoms with Gasteiger partial charge >= 0.3 is 0 Å². The Morgan fingerprint density at radius 1 is 1.43 bits per heavy atom. The van der Waals surface area contributed by atoms with Crippen LogP contribution in [0.25, 0.3) is 0 Å². The Labute approximate surface area is 85.4 Å². The fraction of sp³-hybridized carbons (Fsp3) is 0.600.